The van der Waals surface area contributed by atoms with Crippen molar-refractivity contribution in [2.75, 3.05) is 5.73 Å². The van der Waals surface area contributed by atoms with Gasteiger partial charge in [-0.15, -0.1) is 0 Å². The first-order valence-corrected chi connectivity index (χ1v) is 10.5. The zero-order chi connectivity index (χ0) is 23.7. The van der Waals surface area contributed by atoms with Crippen LogP contribution >= 0.6 is 0 Å². The molecule has 0 saturated carbocycles. The van der Waals surface area contributed by atoms with Gasteiger partial charge in [-0.2, -0.15) is 0 Å². The minimum absolute atomic E-state index is 0.218. The third kappa shape index (κ3) is 4.36. The molecule has 8 nitrogen and oxygen atoms in total. The van der Waals surface area contributed by atoms with Gasteiger partial charge in [0, 0.05) is 55.0 Å². The van der Waals surface area contributed by atoms with E-state index in [-0.39, 0.29) is 6.61 Å². The molecular weight excluding hydrogens is 435 g/mol. The van der Waals surface area contributed by atoms with Gasteiger partial charge in [0.25, 0.3) is 0 Å². The van der Waals surface area contributed by atoms with Crippen molar-refractivity contribution in [2.24, 2.45) is 7.05 Å². The largest absolute Gasteiger partial charge is 0.489 e. The Morgan fingerprint density at radius 3 is 2.44 bits per heavy atom. The van der Waals surface area contributed by atoms with E-state index < -0.39 is 5.82 Å². The number of hydrogen-bond acceptors (Lipinski definition) is 7. The maximum atomic E-state index is 14.2. The Morgan fingerprint density at radius 1 is 0.941 bits per heavy atom. The third-order valence-electron chi connectivity index (χ3n) is 5.27. The molecule has 0 aliphatic carbocycles. The van der Waals surface area contributed by atoms with Gasteiger partial charge in [-0.25, -0.2) is 24.3 Å². The molecule has 0 amide bonds. The van der Waals surface area contributed by atoms with Gasteiger partial charge >= 0.3 is 0 Å². The molecule has 3 heterocycles. The van der Waals surface area contributed by atoms with Crippen LogP contribution in [0.4, 0.5) is 10.2 Å². The van der Waals surface area contributed by atoms with Gasteiger partial charge in [0.1, 0.15) is 53.3 Å². The highest BCUT2D eigenvalue weighted by atomic mass is 19.1. The Hall–Kier alpha value is -4.53. The number of fused-ring (bicyclic) bond motifs is 1. The molecule has 2 aromatic carbocycles. The second kappa shape index (κ2) is 8.78. The van der Waals surface area contributed by atoms with Crippen molar-refractivity contribution in [3.8, 4) is 28.4 Å². The molecule has 0 atom stereocenters. The lowest BCUT2D eigenvalue weighted by Gasteiger charge is -2.10. The van der Waals surface area contributed by atoms with Crippen molar-refractivity contribution < 1.29 is 13.9 Å². The highest BCUT2D eigenvalue weighted by molar-refractivity contribution is 6.00. The second-order valence-corrected chi connectivity index (χ2v) is 7.79. The predicted octanol–water partition coefficient (Wildman–Crippen LogP) is 4.83. The summed E-state index contributed by atoms with van der Waals surface area (Å²) in [5.74, 6) is 1.86. The molecule has 5 rings (SSSR count). The number of nitrogen functional groups attached to an aromatic ring is 1. The van der Waals surface area contributed by atoms with Crippen molar-refractivity contribution in [2.45, 2.75) is 13.5 Å². The standard InChI is InChI=1S/C25H21FN6O2/c1-15-28-10-16(11-29-15)13-33-20-7-18(26)8-21(9-20)34-19-5-3-17(4-6-19)22-12-32(2)25-23(22)24(27)30-14-31-25/h3-12,14H,13H2,1-2H3,(H2,27,30,31). The molecular formula is C25H21FN6O2. The topological polar surface area (TPSA) is 101 Å². The maximum absolute atomic E-state index is 14.2. The zero-order valence-electron chi connectivity index (χ0n) is 18.6. The number of rotatable bonds is 6. The Bertz CT molecular complexity index is 1470. The van der Waals surface area contributed by atoms with Crippen molar-refractivity contribution in [3.05, 3.63) is 84.6 Å². The number of nitrogens with two attached hydrogens (primary N) is 1. The maximum Gasteiger partial charge on any atom is 0.145 e. The minimum Gasteiger partial charge on any atom is -0.489 e. The SMILES string of the molecule is Cc1ncc(COc2cc(F)cc(Oc3ccc(-c4cn(C)c5ncnc(N)c45)cc3)c2)cn1. The predicted molar refractivity (Wildman–Crippen MR) is 126 cm³/mol. The van der Waals surface area contributed by atoms with Crippen LogP contribution in [0.3, 0.4) is 0 Å². The lowest BCUT2D eigenvalue weighted by molar-refractivity contribution is 0.301. The van der Waals surface area contributed by atoms with Gasteiger partial charge < -0.3 is 19.8 Å². The Kier molecular flexibility index (Phi) is 5.51. The number of halogens is 1. The fourth-order valence-corrected chi connectivity index (χ4v) is 3.63. The first kappa shape index (κ1) is 21.3. The fourth-order valence-electron chi connectivity index (χ4n) is 3.63. The van der Waals surface area contributed by atoms with E-state index in [2.05, 4.69) is 19.9 Å². The number of aromatic nitrogens is 5. The summed E-state index contributed by atoms with van der Waals surface area (Å²) in [6.07, 6.45) is 6.76. The molecule has 34 heavy (non-hydrogen) atoms. The highest BCUT2D eigenvalue weighted by Gasteiger charge is 2.13. The zero-order valence-corrected chi connectivity index (χ0v) is 18.6. The molecule has 0 fully saturated rings. The van der Waals surface area contributed by atoms with Crippen LogP contribution in [0.25, 0.3) is 22.2 Å². The van der Waals surface area contributed by atoms with Gasteiger partial charge in [-0.05, 0) is 24.6 Å². The molecule has 0 unspecified atom stereocenters. The van der Waals surface area contributed by atoms with E-state index in [4.69, 9.17) is 15.2 Å². The monoisotopic (exact) mass is 456 g/mol. The molecule has 2 N–H and O–H groups in total. The molecule has 3 aromatic heterocycles. The van der Waals surface area contributed by atoms with E-state index in [9.17, 15) is 4.39 Å². The van der Waals surface area contributed by atoms with Crippen LogP contribution in [0.5, 0.6) is 17.2 Å². The first-order valence-electron chi connectivity index (χ1n) is 10.5. The van der Waals surface area contributed by atoms with Crippen molar-refractivity contribution in [3.63, 3.8) is 0 Å². The second-order valence-electron chi connectivity index (χ2n) is 7.79. The Morgan fingerprint density at radius 2 is 1.68 bits per heavy atom. The van der Waals surface area contributed by atoms with Crippen LogP contribution in [-0.2, 0) is 13.7 Å². The van der Waals surface area contributed by atoms with E-state index in [1.54, 1.807) is 25.4 Å². The first-order chi connectivity index (χ1) is 16.5. The lowest BCUT2D eigenvalue weighted by atomic mass is 10.1. The van der Waals surface area contributed by atoms with Gasteiger partial charge in [0.15, 0.2) is 0 Å². The molecule has 0 bridgehead atoms. The van der Waals surface area contributed by atoms with Crippen molar-refractivity contribution in [1.29, 1.82) is 0 Å². The van der Waals surface area contributed by atoms with Crippen molar-refractivity contribution in [1.82, 2.24) is 24.5 Å². The fraction of sp³-hybridized carbons (Fsp3) is 0.120. The van der Waals surface area contributed by atoms with E-state index in [0.29, 0.717) is 28.9 Å². The van der Waals surface area contributed by atoms with E-state index in [0.717, 1.165) is 27.7 Å². The molecule has 0 aliphatic rings. The number of anilines is 1. The normalized spacial score (nSPS) is 11.0. The number of aryl methyl sites for hydroxylation is 2. The summed E-state index contributed by atoms with van der Waals surface area (Å²) in [5.41, 5.74) is 9.49. The minimum atomic E-state index is -0.462. The van der Waals surface area contributed by atoms with Crippen LogP contribution in [-0.4, -0.2) is 24.5 Å². The van der Waals surface area contributed by atoms with E-state index in [1.165, 1.54) is 18.5 Å². The van der Waals surface area contributed by atoms with Gasteiger partial charge in [-0.1, -0.05) is 12.1 Å². The molecule has 9 heteroatoms. The van der Waals surface area contributed by atoms with E-state index in [1.807, 2.05) is 42.1 Å². The number of benzene rings is 2. The summed E-state index contributed by atoms with van der Waals surface area (Å²) in [5, 5.41) is 0.796. The van der Waals surface area contributed by atoms with Crippen LogP contribution in [0.2, 0.25) is 0 Å². The van der Waals surface area contributed by atoms with Crippen LogP contribution in [0, 0.1) is 12.7 Å². The van der Waals surface area contributed by atoms with Crippen molar-refractivity contribution >= 4 is 16.9 Å². The van der Waals surface area contributed by atoms with Gasteiger partial charge in [0.2, 0.25) is 0 Å². The summed E-state index contributed by atoms with van der Waals surface area (Å²) in [7, 11) is 1.91. The molecule has 5 aromatic rings. The summed E-state index contributed by atoms with van der Waals surface area (Å²) in [6.45, 7) is 2.02. The molecule has 170 valence electrons. The summed E-state index contributed by atoms with van der Waals surface area (Å²) < 4.78 is 27.7. The molecule has 0 saturated heterocycles. The summed E-state index contributed by atoms with van der Waals surface area (Å²) in [6, 6.07) is 11.7. The highest BCUT2D eigenvalue weighted by Crippen LogP contribution is 2.34. The van der Waals surface area contributed by atoms with Crippen LogP contribution in [0.15, 0.2) is 67.4 Å². The third-order valence-corrected chi connectivity index (χ3v) is 5.27. The quantitative estimate of drug-likeness (QED) is 0.391. The molecule has 0 spiro atoms. The average molecular weight is 456 g/mol. The Labute approximate surface area is 194 Å². The number of nitrogens with zero attached hydrogens (tertiary/aromatic N) is 5. The summed E-state index contributed by atoms with van der Waals surface area (Å²) in [4.78, 5) is 16.7. The van der Waals surface area contributed by atoms with Gasteiger partial charge in [0.05, 0.1) is 5.39 Å². The lowest BCUT2D eigenvalue weighted by Crippen LogP contribution is -1.99. The smallest absolute Gasteiger partial charge is 0.145 e. The van der Waals surface area contributed by atoms with E-state index >= 15 is 0 Å². The number of ether oxygens (including phenoxy) is 2. The average Bonchev–Trinajstić information content (AvgIpc) is 3.17. The van der Waals surface area contributed by atoms with Crippen LogP contribution in [0.1, 0.15) is 11.4 Å². The summed E-state index contributed by atoms with van der Waals surface area (Å²) >= 11 is 0. The molecule has 0 radical (unpaired) electrons. The van der Waals surface area contributed by atoms with Crippen LogP contribution < -0.4 is 15.2 Å². The Balaban J connectivity index is 1.34. The van der Waals surface area contributed by atoms with Gasteiger partial charge in [-0.3, -0.25) is 0 Å². The molecule has 0 aliphatic heterocycles. The number of hydrogen-bond donors (Lipinski definition) is 1.